The molecule has 1 aromatic heterocycles. The normalized spacial score (nSPS) is 13.3. The van der Waals surface area contributed by atoms with Gasteiger partial charge in [0, 0.05) is 44.5 Å². The molecule has 18 heavy (non-hydrogen) atoms. The molecule has 0 fully saturated rings. The molecule has 1 N–H and O–H groups in total. The third kappa shape index (κ3) is 1.65. The molecule has 1 aromatic carbocycles. The third-order valence-corrected chi connectivity index (χ3v) is 3.45. The number of aromatic nitrogens is 2. The van der Waals surface area contributed by atoms with Crippen LogP contribution in [-0.2, 0) is 13.5 Å². The summed E-state index contributed by atoms with van der Waals surface area (Å²) in [6.07, 6.45) is 1.06. The van der Waals surface area contributed by atoms with Crippen molar-refractivity contribution < 1.29 is 0 Å². The minimum Gasteiger partial charge on any atom is -0.378 e. The fourth-order valence-electron chi connectivity index (χ4n) is 2.49. The topological polar surface area (TPSA) is 33.1 Å². The average Bonchev–Trinajstić information content (AvgIpc) is 2.94. The molecule has 2 heterocycles. The first-order chi connectivity index (χ1) is 8.66. The van der Waals surface area contributed by atoms with Crippen molar-refractivity contribution in [2.45, 2.75) is 6.42 Å². The summed E-state index contributed by atoms with van der Waals surface area (Å²) in [5.74, 6) is 1.17. The Morgan fingerprint density at radius 3 is 2.94 bits per heavy atom. The molecular weight excluding hydrogens is 224 g/mol. The average molecular weight is 242 g/mol. The molecule has 0 aliphatic carbocycles. The Morgan fingerprint density at radius 1 is 1.33 bits per heavy atom. The predicted octanol–water partition coefficient (Wildman–Crippen LogP) is 2.12. The van der Waals surface area contributed by atoms with Gasteiger partial charge in [-0.2, -0.15) is 5.10 Å². The van der Waals surface area contributed by atoms with Crippen molar-refractivity contribution in [3.8, 4) is 11.3 Å². The summed E-state index contributed by atoms with van der Waals surface area (Å²) < 4.78 is 1.94. The highest BCUT2D eigenvalue weighted by Crippen LogP contribution is 2.33. The molecule has 2 aromatic rings. The fourth-order valence-corrected chi connectivity index (χ4v) is 2.49. The minimum absolute atomic E-state index is 1.02. The van der Waals surface area contributed by atoms with Crippen molar-refractivity contribution in [1.82, 2.24) is 9.78 Å². The van der Waals surface area contributed by atoms with Crippen LogP contribution in [0.3, 0.4) is 0 Å². The first-order valence-electron chi connectivity index (χ1n) is 6.24. The van der Waals surface area contributed by atoms with E-state index in [-0.39, 0.29) is 0 Å². The van der Waals surface area contributed by atoms with Crippen LogP contribution >= 0.6 is 0 Å². The van der Waals surface area contributed by atoms with Crippen molar-refractivity contribution in [3.63, 3.8) is 0 Å². The summed E-state index contributed by atoms with van der Waals surface area (Å²) in [6, 6.07) is 8.54. The molecule has 0 saturated heterocycles. The van der Waals surface area contributed by atoms with Crippen LogP contribution in [0.5, 0.6) is 0 Å². The van der Waals surface area contributed by atoms with Gasteiger partial charge in [0.25, 0.3) is 0 Å². The molecular formula is C14H18N4. The van der Waals surface area contributed by atoms with E-state index in [1.54, 1.807) is 0 Å². The zero-order valence-electron chi connectivity index (χ0n) is 11.1. The summed E-state index contributed by atoms with van der Waals surface area (Å²) in [7, 11) is 6.11. The quantitative estimate of drug-likeness (QED) is 0.875. The molecule has 94 valence electrons. The van der Waals surface area contributed by atoms with E-state index < -0.39 is 0 Å². The van der Waals surface area contributed by atoms with E-state index in [1.165, 1.54) is 22.6 Å². The first kappa shape index (κ1) is 11.1. The molecule has 0 radical (unpaired) electrons. The van der Waals surface area contributed by atoms with Gasteiger partial charge in [-0.05, 0) is 18.6 Å². The molecule has 0 saturated carbocycles. The highest BCUT2D eigenvalue weighted by Gasteiger charge is 2.21. The number of rotatable bonds is 2. The highest BCUT2D eigenvalue weighted by molar-refractivity contribution is 5.73. The van der Waals surface area contributed by atoms with Gasteiger partial charge in [0.2, 0.25) is 0 Å². The SMILES string of the molecule is CN(C)c1cccc(-c2nn(C)c3c2CCN3)c1. The number of nitrogens with zero attached hydrogens (tertiary/aromatic N) is 3. The van der Waals surface area contributed by atoms with E-state index in [0.717, 1.165) is 18.7 Å². The van der Waals surface area contributed by atoms with E-state index >= 15 is 0 Å². The van der Waals surface area contributed by atoms with Crippen LogP contribution in [0.1, 0.15) is 5.56 Å². The number of benzene rings is 1. The molecule has 0 bridgehead atoms. The van der Waals surface area contributed by atoms with Gasteiger partial charge < -0.3 is 10.2 Å². The number of anilines is 2. The van der Waals surface area contributed by atoms with Crippen molar-refractivity contribution in [1.29, 1.82) is 0 Å². The number of hydrogen-bond donors (Lipinski definition) is 1. The fraction of sp³-hybridized carbons (Fsp3) is 0.357. The van der Waals surface area contributed by atoms with Crippen LogP contribution in [0.25, 0.3) is 11.3 Å². The summed E-state index contributed by atoms with van der Waals surface area (Å²) in [5, 5.41) is 8.02. The second kappa shape index (κ2) is 4.05. The largest absolute Gasteiger partial charge is 0.378 e. The van der Waals surface area contributed by atoms with Crippen LogP contribution in [0.15, 0.2) is 24.3 Å². The number of fused-ring (bicyclic) bond motifs is 1. The summed E-state index contributed by atoms with van der Waals surface area (Å²) >= 11 is 0. The maximum absolute atomic E-state index is 4.64. The first-order valence-corrected chi connectivity index (χ1v) is 6.24. The van der Waals surface area contributed by atoms with E-state index in [4.69, 9.17) is 0 Å². The Hall–Kier alpha value is -1.97. The minimum atomic E-state index is 1.02. The maximum Gasteiger partial charge on any atom is 0.127 e. The lowest BCUT2D eigenvalue weighted by molar-refractivity contribution is 0.775. The molecule has 1 aliphatic rings. The lowest BCUT2D eigenvalue weighted by atomic mass is 10.1. The van der Waals surface area contributed by atoms with Crippen molar-refractivity contribution in [2.75, 3.05) is 30.9 Å². The number of nitrogens with one attached hydrogen (secondary N) is 1. The Balaban J connectivity index is 2.10. The second-order valence-corrected chi connectivity index (χ2v) is 4.92. The smallest absolute Gasteiger partial charge is 0.127 e. The monoisotopic (exact) mass is 242 g/mol. The summed E-state index contributed by atoms with van der Waals surface area (Å²) in [6.45, 7) is 1.02. The van der Waals surface area contributed by atoms with Gasteiger partial charge in [0.05, 0.1) is 5.69 Å². The van der Waals surface area contributed by atoms with Gasteiger partial charge >= 0.3 is 0 Å². The van der Waals surface area contributed by atoms with Crippen molar-refractivity contribution >= 4 is 11.5 Å². The van der Waals surface area contributed by atoms with Crippen LogP contribution in [-0.4, -0.2) is 30.4 Å². The van der Waals surface area contributed by atoms with Gasteiger partial charge in [-0.25, -0.2) is 0 Å². The molecule has 0 amide bonds. The second-order valence-electron chi connectivity index (χ2n) is 4.92. The standard InChI is InChI=1S/C14H18N4/c1-17(2)11-6-4-5-10(9-11)13-12-7-8-15-14(12)18(3)16-13/h4-6,9,15H,7-8H2,1-3H3. The van der Waals surface area contributed by atoms with Crippen LogP contribution in [0, 0.1) is 0 Å². The van der Waals surface area contributed by atoms with E-state index in [2.05, 4.69) is 53.7 Å². The van der Waals surface area contributed by atoms with Crippen LogP contribution in [0.4, 0.5) is 11.5 Å². The summed E-state index contributed by atoms with van der Waals surface area (Å²) in [4.78, 5) is 2.12. The Bertz CT molecular complexity index is 583. The summed E-state index contributed by atoms with van der Waals surface area (Å²) in [5.41, 5.74) is 4.86. The van der Waals surface area contributed by atoms with E-state index in [9.17, 15) is 0 Å². The molecule has 4 nitrogen and oxygen atoms in total. The van der Waals surface area contributed by atoms with E-state index in [0.29, 0.717) is 0 Å². The Kier molecular flexibility index (Phi) is 2.51. The molecule has 3 rings (SSSR count). The van der Waals surface area contributed by atoms with Gasteiger partial charge in [0.1, 0.15) is 5.82 Å². The Labute approximate surface area is 107 Å². The van der Waals surface area contributed by atoms with Crippen LogP contribution in [0.2, 0.25) is 0 Å². The van der Waals surface area contributed by atoms with Gasteiger partial charge in [-0.3, -0.25) is 4.68 Å². The molecule has 1 aliphatic heterocycles. The zero-order chi connectivity index (χ0) is 12.7. The van der Waals surface area contributed by atoms with Crippen molar-refractivity contribution in [3.05, 3.63) is 29.8 Å². The molecule has 4 heteroatoms. The lowest BCUT2D eigenvalue weighted by Gasteiger charge is -2.13. The Morgan fingerprint density at radius 2 is 2.17 bits per heavy atom. The van der Waals surface area contributed by atoms with Crippen LogP contribution < -0.4 is 10.2 Å². The highest BCUT2D eigenvalue weighted by atomic mass is 15.3. The lowest BCUT2D eigenvalue weighted by Crippen LogP contribution is -2.08. The molecule has 0 atom stereocenters. The van der Waals surface area contributed by atoms with Gasteiger partial charge in [-0.15, -0.1) is 0 Å². The number of aryl methyl sites for hydroxylation is 1. The van der Waals surface area contributed by atoms with Gasteiger partial charge in [-0.1, -0.05) is 12.1 Å². The van der Waals surface area contributed by atoms with Gasteiger partial charge in [0.15, 0.2) is 0 Å². The third-order valence-electron chi connectivity index (χ3n) is 3.45. The molecule has 0 spiro atoms. The van der Waals surface area contributed by atoms with E-state index in [1.807, 2.05) is 11.7 Å². The zero-order valence-corrected chi connectivity index (χ0v) is 11.1. The predicted molar refractivity (Wildman–Crippen MR) is 75.2 cm³/mol. The maximum atomic E-state index is 4.64. The molecule has 0 unspecified atom stereocenters. The number of hydrogen-bond acceptors (Lipinski definition) is 3. The van der Waals surface area contributed by atoms with Crippen molar-refractivity contribution in [2.24, 2.45) is 7.05 Å².